The Balaban J connectivity index is 1.68. The van der Waals surface area contributed by atoms with Crippen molar-refractivity contribution in [1.29, 1.82) is 0 Å². The minimum Gasteiger partial charge on any atom is -0.339 e. The molecule has 1 amide bonds. The van der Waals surface area contributed by atoms with E-state index in [1.807, 2.05) is 30.0 Å². The number of benzene rings is 1. The van der Waals surface area contributed by atoms with Gasteiger partial charge >= 0.3 is 0 Å². The fourth-order valence-corrected chi connectivity index (χ4v) is 2.88. The summed E-state index contributed by atoms with van der Waals surface area (Å²) in [6, 6.07) is 5.98. The number of anilines is 2. The van der Waals surface area contributed by atoms with Crippen molar-refractivity contribution < 1.29 is 4.79 Å². The minimum atomic E-state index is -0.0248. The summed E-state index contributed by atoms with van der Waals surface area (Å²) in [5.74, 6) is 0.602. The molecule has 120 valence electrons. The van der Waals surface area contributed by atoms with Crippen LogP contribution in [0.3, 0.4) is 0 Å². The molecule has 0 atom stereocenters. The molecule has 0 radical (unpaired) electrons. The molecule has 2 heterocycles. The molecular formula is C17H19BrN4O. The molecule has 0 bridgehead atoms. The van der Waals surface area contributed by atoms with Crippen LogP contribution in [0.4, 0.5) is 11.5 Å². The van der Waals surface area contributed by atoms with E-state index in [-0.39, 0.29) is 5.91 Å². The molecule has 1 saturated heterocycles. The Hall–Kier alpha value is -1.95. The van der Waals surface area contributed by atoms with Crippen molar-refractivity contribution in [2.45, 2.75) is 26.2 Å². The van der Waals surface area contributed by atoms with E-state index in [1.165, 1.54) is 6.42 Å². The lowest BCUT2D eigenvalue weighted by Gasteiger charge is -2.26. The Morgan fingerprint density at radius 2 is 1.96 bits per heavy atom. The van der Waals surface area contributed by atoms with Gasteiger partial charge in [0.05, 0.1) is 12.4 Å². The Bertz CT molecular complexity index is 696. The smallest absolute Gasteiger partial charge is 0.274 e. The van der Waals surface area contributed by atoms with Crippen LogP contribution in [-0.2, 0) is 0 Å². The summed E-state index contributed by atoms with van der Waals surface area (Å²) in [7, 11) is 0. The zero-order valence-electron chi connectivity index (χ0n) is 13.1. The maximum Gasteiger partial charge on any atom is 0.274 e. The number of halogens is 1. The van der Waals surface area contributed by atoms with Crippen LogP contribution >= 0.6 is 15.9 Å². The van der Waals surface area contributed by atoms with Crippen molar-refractivity contribution in [1.82, 2.24) is 14.9 Å². The Morgan fingerprint density at radius 1 is 1.17 bits per heavy atom. The monoisotopic (exact) mass is 374 g/mol. The van der Waals surface area contributed by atoms with E-state index >= 15 is 0 Å². The number of aromatic nitrogens is 2. The number of nitrogens with zero attached hydrogens (tertiary/aromatic N) is 3. The van der Waals surface area contributed by atoms with Crippen LogP contribution in [0.15, 0.2) is 35.1 Å². The van der Waals surface area contributed by atoms with Gasteiger partial charge in [-0.3, -0.25) is 4.79 Å². The van der Waals surface area contributed by atoms with E-state index < -0.39 is 0 Å². The number of aryl methyl sites for hydroxylation is 1. The molecule has 0 spiro atoms. The number of hydrogen-bond acceptors (Lipinski definition) is 4. The molecule has 1 aromatic heterocycles. The van der Waals surface area contributed by atoms with E-state index in [9.17, 15) is 4.79 Å². The van der Waals surface area contributed by atoms with E-state index in [0.717, 1.165) is 41.7 Å². The van der Waals surface area contributed by atoms with Crippen molar-refractivity contribution in [2.75, 3.05) is 18.4 Å². The number of carbonyl (C=O) groups excluding carboxylic acids is 1. The third-order valence-corrected chi connectivity index (χ3v) is 4.83. The van der Waals surface area contributed by atoms with Crippen LogP contribution in [0.1, 0.15) is 35.3 Å². The summed E-state index contributed by atoms with van der Waals surface area (Å²) >= 11 is 3.48. The van der Waals surface area contributed by atoms with Crippen molar-refractivity contribution in [3.05, 3.63) is 46.3 Å². The molecule has 5 nitrogen and oxygen atoms in total. The summed E-state index contributed by atoms with van der Waals surface area (Å²) in [5, 5.41) is 3.20. The molecule has 2 aromatic rings. The summed E-state index contributed by atoms with van der Waals surface area (Å²) in [4.78, 5) is 22.8. The van der Waals surface area contributed by atoms with Crippen LogP contribution in [0.2, 0.25) is 0 Å². The molecular weight excluding hydrogens is 356 g/mol. The quantitative estimate of drug-likeness (QED) is 0.884. The van der Waals surface area contributed by atoms with E-state index in [4.69, 9.17) is 0 Å². The van der Waals surface area contributed by atoms with E-state index in [2.05, 4.69) is 31.2 Å². The fraction of sp³-hybridized carbons (Fsp3) is 0.353. The predicted molar refractivity (Wildman–Crippen MR) is 93.9 cm³/mol. The SMILES string of the molecule is Cc1cc(Nc2cnc(C(=O)N3CCCCC3)cn2)ccc1Br. The average molecular weight is 375 g/mol. The molecule has 0 saturated carbocycles. The van der Waals surface area contributed by atoms with Crippen LogP contribution in [0.5, 0.6) is 0 Å². The van der Waals surface area contributed by atoms with Gasteiger partial charge in [-0.05, 0) is 49.9 Å². The highest BCUT2D eigenvalue weighted by molar-refractivity contribution is 9.10. The summed E-state index contributed by atoms with van der Waals surface area (Å²) < 4.78 is 1.07. The largest absolute Gasteiger partial charge is 0.339 e. The van der Waals surface area contributed by atoms with Gasteiger partial charge in [-0.25, -0.2) is 9.97 Å². The second-order valence-corrected chi connectivity index (χ2v) is 6.58. The molecule has 0 unspecified atom stereocenters. The number of hydrogen-bond donors (Lipinski definition) is 1. The summed E-state index contributed by atoms with van der Waals surface area (Å²) in [5.41, 5.74) is 2.49. The van der Waals surface area contributed by atoms with Crippen molar-refractivity contribution in [3.8, 4) is 0 Å². The second kappa shape index (κ2) is 7.08. The van der Waals surface area contributed by atoms with E-state index in [1.54, 1.807) is 12.4 Å². The highest BCUT2D eigenvalue weighted by Gasteiger charge is 2.19. The zero-order chi connectivity index (χ0) is 16.2. The third kappa shape index (κ3) is 3.88. The highest BCUT2D eigenvalue weighted by Crippen LogP contribution is 2.22. The molecule has 1 aliphatic rings. The lowest BCUT2D eigenvalue weighted by Crippen LogP contribution is -2.36. The van der Waals surface area contributed by atoms with Crippen molar-refractivity contribution >= 4 is 33.3 Å². The van der Waals surface area contributed by atoms with Gasteiger partial charge in [0.1, 0.15) is 11.5 Å². The number of rotatable bonds is 3. The zero-order valence-corrected chi connectivity index (χ0v) is 14.6. The number of carbonyl (C=O) groups is 1. The molecule has 3 rings (SSSR count). The minimum absolute atomic E-state index is 0.0248. The lowest BCUT2D eigenvalue weighted by molar-refractivity contribution is 0.0718. The topological polar surface area (TPSA) is 58.1 Å². The Morgan fingerprint density at radius 3 is 2.61 bits per heavy atom. The molecule has 23 heavy (non-hydrogen) atoms. The molecule has 1 N–H and O–H groups in total. The Kier molecular flexibility index (Phi) is 4.91. The maximum absolute atomic E-state index is 12.3. The summed E-state index contributed by atoms with van der Waals surface area (Å²) in [6.07, 6.45) is 6.49. The first kappa shape index (κ1) is 15.9. The average Bonchev–Trinajstić information content (AvgIpc) is 2.59. The third-order valence-electron chi connectivity index (χ3n) is 3.94. The van der Waals surface area contributed by atoms with Gasteiger partial charge in [0.25, 0.3) is 5.91 Å². The van der Waals surface area contributed by atoms with Crippen LogP contribution in [0.25, 0.3) is 0 Å². The van der Waals surface area contributed by atoms with Crippen LogP contribution in [-0.4, -0.2) is 33.9 Å². The molecule has 6 heteroatoms. The van der Waals surface area contributed by atoms with Gasteiger partial charge in [0.2, 0.25) is 0 Å². The number of piperidine rings is 1. The van der Waals surface area contributed by atoms with Gasteiger partial charge < -0.3 is 10.2 Å². The lowest BCUT2D eigenvalue weighted by atomic mass is 10.1. The Labute approximate surface area is 144 Å². The first-order valence-corrected chi connectivity index (χ1v) is 8.57. The van der Waals surface area contributed by atoms with Crippen molar-refractivity contribution in [3.63, 3.8) is 0 Å². The standard InChI is InChI=1S/C17H19BrN4O/c1-12-9-13(5-6-14(12)18)21-16-11-19-15(10-20-16)17(23)22-7-3-2-4-8-22/h5-6,9-11H,2-4,7-8H2,1H3,(H,20,21). The molecule has 1 aliphatic heterocycles. The normalized spacial score (nSPS) is 14.6. The van der Waals surface area contributed by atoms with Crippen LogP contribution in [0, 0.1) is 6.92 Å². The van der Waals surface area contributed by atoms with Gasteiger partial charge in [0, 0.05) is 23.2 Å². The number of amides is 1. The molecule has 1 fully saturated rings. The highest BCUT2D eigenvalue weighted by atomic mass is 79.9. The van der Waals surface area contributed by atoms with Gasteiger partial charge in [-0.15, -0.1) is 0 Å². The fourth-order valence-electron chi connectivity index (χ4n) is 2.63. The molecule has 0 aliphatic carbocycles. The second-order valence-electron chi connectivity index (χ2n) is 5.73. The maximum atomic E-state index is 12.3. The first-order valence-electron chi connectivity index (χ1n) is 7.78. The number of nitrogens with one attached hydrogen (secondary N) is 1. The van der Waals surface area contributed by atoms with Crippen LogP contribution < -0.4 is 5.32 Å². The number of likely N-dealkylation sites (tertiary alicyclic amines) is 1. The van der Waals surface area contributed by atoms with Crippen molar-refractivity contribution in [2.24, 2.45) is 0 Å². The molecule has 1 aromatic carbocycles. The predicted octanol–water partition coefficient (Wildman–Crippen LogP) is 3.92. The van der Waals surface area contributed by atoms with Gasteiger partial charge in [-0.1, -0.05) is 15.9 Å². The first-order chi connectivity index (χ1) is 11.1. The summed E-state index contributed by atoms with van der Waals surface area (Å²) in [6.45, 7) is 3.67. The van der Waals surface area contributed by atoms with E-state index in [0.29, 0.717) is 11.5 Å². The van der Waals surface area contributed by atoms with Gasteiger partial charge in [0.15, 0.2) is 0 Å². The van der Waals surface area contributed by atoms with Gasteiger partial charge in [-0.2, -0.15) is 0 Å².